The highest BCUT2D eigenvalue weighted by atomic mass is 35.5. The maximum atomic E-state index is 12.9. The molecule has 4 N–H and O–H groups in total. The number of aromatic hydroxyl groups is 1. The fourth-order valence-corrected chi connectivity index (χ4v) is 1.33. The maximum Gasteiger partial charge on any atom is 0.335 e. The number of aliphatic carboxylic acids is 1. The van der Waals surface area contributed by atoms with E-state index in [1.807, 2.05) is 0 Å². The van der Waals surface area contributed by atoms with Crippen molar-refractivity contribution in [2.24, 2.45) is 0 Å². The zero-order chi connectivity index (χ0) is 12.5. The minimum atomic E-state index is -2.18. The predicted molar refractivity (Wildman–Crippen MR) is 51.7 cm³/mol. The van der Waals surface area contributed by atoms with E-state index in [1.165, 1.54) is 0 Å². The van der Waals surface area contributed by atoms with Crippen molar-refractivity contribution >= 4 is 17.6 Å². The number of carbonyl (C=O) groups is 1. The number of aliphatic hydroxyl groups excluding tert-OH is 2. The summed E-state index contributed by atoms with van der Waals surface area (Å²) in [5.41, 5.74) is -0.486. The van der Waals surface area contributed by atoms with Crippen molar-refractivity contribution in [1.82, 2.24) is 0 Å². The Bertz CT molecular complexity index is 423. The highest BCUT2D eigenvalue weighted by Gasteiger charge is 2.28. The van der Waals surface area contributed by atoms with Gasteiger partial charge in [0, 0.05) is 5.56 Å². The standard InChI is InChI=1S/C9H8ClFO5/c10-5-2-3(11)1-4(6(5)12)7(13)8(14)9(15)16/h1-2,7-8,12-14H,(H,15,16). The molecule has 0 aliphatic carbocycles. The van der Waals surface area contributed by atoms with Gasteiger partial charge in [0.25, 0.3) is 0 Å². The van der Waals surface area contributed by atoms with Gasteiger partial charge in [-0.25, -0.2) is 9.18 Å². The summed E-state index contributed by atoms with van der Waals surface area (Å²) in [6.07, 6.45) is -4.14. The fourth-order valence-electron chi connectivity index (χ4n) is 1.12. The summed E-state index contributed by atoms with van der Waals surface area (Å²) in [5.74, 6) is -3.24. The van der Waals surface area contributed by atoms with Crippen LogP contribution in [-0.2, 0) is 4.79 Å². The number of phenols is 1. The Labute approximate surface area is 94.3 Å². The Hall–Kier alpha value is -1.37. The van der Waals surface area contributed by atoms with Crippen molar-refractivity contribution in [3.63, 3.8) is 0 Å². The molecule has 0 saturated carbocycles. The lowest BCUT2D eigenvalue weighted by Crippen LogP contribution is -2.27. The van der Waals surface area contributed by atoms with Crippen LogP contribution in [0.25, 0.3) is 0 Å². The van der Waals surface area contributed by atoms with Crippen LogP contribution in [0.3, 0.4) is 0 Å². The monoisotopic (exact) mass is 250 g/mol. The molecule has 0 saturated heterocycles. The van der Waals surface area contributed by atoms with E-state index in [1.54, 1.807) is 0 Å². The minimum Gasteiger partial charge on any atom is -0.506 e. The molecular weight excluding hydrogens is 243 g/mol. The lowest BCUT2D eigenvalue weighted by atomic mass is 10.0. The van der Waals surface area contributed by atoms with Crippen LogP contribution in [0.15, 0.2) is 12.1 Å². The highest BCUT2D eigenvalue weighted by Crippen LogP contribution is 2.33. The van der Waals surface area contributed by atoms with E-state index in [0.717, 1.165) is 6.07 Å². The molecule has 0 fully saturated rings. The van der Waals surface area contributed by atoms with Crippen molar-refractivity contribution in [2.75, 3.05) is 0 Å². The number of halogens is 2. The third-order valence-electron chi connectivity index (χ3n) is 1.93. The number of carboxylic acids is 1. The third kappa shape index (κ3) is 2.41. The Morgan fingerprint density at radius 2 is 1.94 bits per heavy atom. The number of hydrogen-bond donors (Lipinski definition) is 4. The van der Waals surface area contributed by atoms with Crippen LogP contribution in [0, 0.1) is 5.82 Å². The second-order valence-electron chi connectivity index (χ2n) is 3.05. The molecular formula is C9H8ClFO5. The van der Waals surface area contributed by atoms with Crippen LogP contribution in [0.2, 0.25) is 5.02 Å². The number of phenolic OH excluding ortho intramolecular Hbond substituents is 1. The van der Waals surface area contributed by atoms with E-state index >= 15 is 0 Å². The summed E-state index contributed by atoms with van der Waals surface area (Å²) in [4.78, 5) is 10.4. The molecule has 1 aromatic carbocycles. The zero-order valence-corrected chi connectivity index (χ0v) is 8.52. The van der Waals surface area contributed by atoms with Gasteiger partial charge in [0.1, 0.15) is 17.7 Å². The highest BCUT2D eigenvalue weighted by molar-refractivity contribution is 6.32. The number of rotatable bonds is 3. The second-order valence-corrected chi connectivity index (χ2v) is 3.46. The predicted octanol–water partition coefficient (Wildman–Crippen LogP) is 0.664. The lowest BCUT2D eigenvalue weighted by Gasteiger charge is -2.16. The molecule has 1 rings (SSSR count). The Morgan fingerprint density at radius 1 is 1.38 bits per heavy atom. The Balaban J connectivity index is 3.17. The molecule has 0 radical (unpaired) electrons. The molecule has 0 aromatic heterocycles. The summed E-state index contributed by atoms with van der Waals surface area (Å²) in [5, 5.41) is 35.8. The summed E-state index contributed by atoms with van der Waals surface area (Å²) in [6.45, 7) is 0. The van der Waals surface area contributed by atoms with Crippen LogP contribution >= 0.6 is 11.6 Å². The van der Waals surface area contributed by atoms with Gasteiger partial charge in [0.05, 0.1) is 5.02 Å². The van der Waals surface area contributed by atoms with Gasteiger partial charge in [0.2, 0.25) is 0 Å². The first-order valence-corrected chi connectivity index (χ1v) is 4.49. The average Bonchev–Trinajstić information content (AvgIpc) is 2.21. The maximum absolute atomic E-state index is 12.9. The topological polar surface area (TPSA) is 98.0 Å². The van der Waals surface area contributed by atoms with Crippen molar-refractivity contribution in [3.8, 4) is 5.75 Å². The normalized spacial score (nSPS) is 14.5. The van der Waals surface area contributed by atoms with Crippen LogP contribution in [0.4, 0.5) is 4.39 Å². The summed E-state index contributed by atoms with van der Waals surface area (Å²) in [6, 6.07) is 1.48. The number of hydrogen-bond acceptors (Lipinski definition) is 4. The van der Waals surface area contributed by atoms with E-state index in [0.29, 0.717) is 6.07 Å². The molecule has 0 aliphatic rings. The number of carboxylic acid groups (broad SMARTS) is 1. The van der Waals surface area contributed by atoms with Gasteiger partial charge in [-0.3, -0.25) is 0 Å². The first-order chi connectivity index (χ1) is 7.34. The molecule has 5 nitrogen and oxygen atoms in total. The van der Waals surface area contributed by atoms with E-state index in [9.17, 15) is 19.4 Å². The zero-order valence-electron chi connectivity index (χ0n) is 7.76. The van der Waals surface area contributed by atoms with Crippen molar-refractivity contribution in [3.05, 3.63) is 28.5 Å². The summed E-state index contributed by atoms with van der Waals surface area (Å²) in [7, 11) is 0. The van der Waals surface area contributed by atoms with E-state index in [-0.39, 0.29) is 5.02 Å². The van der Waals surface area contributed by atoms with Crippen LogP contribution in [-0.4, -0.2) is 32.5 Å². The Morgan fingerprint density at radius 3 is 2.44 bits per heavy atom. The fraction of sp³-hybridized carbons (Fsp3) is 0.222. The first kappa shape index (κ1) is 12.7. The third-order valence-corrected chi connectivity index (χ3v) is 2.22. The van der Waals surface area contributed by atoms with Gasteiger partial charge < -0.3 is 20.4 Å². The minimum absolute atomic E-state index is 0.383. The largest absolute Gasteiger partial charge is 0.506 e. The van der Waals surface area contributed by atoms with Gasteiger partial charge in [-0.15, -0.1) is 0 Å². The SMILES string of the molecule is O=C(O)C(O)C(O)c1cc(F)cc(Cl)c1O. The smallest absolute Gasteiger partial charge is 0.335 e. The molecule has 88 valence electrons. The summed E-state index contributed by atoms with van der Waals surface area (Å²) < 4.78 is 12.9. The van der Waals surface area contributed by atoms with Crippen molar-refractivity contribution in [1.29, 1.82) is 0 Å². The molecule has 0 heterocycles. The Kier molecular flexibility index (Phi) is 3.69. The van der Waals surface area contributed by atoms with Gasteiger partial charge in [0.15, 0.2) is 6.10 Å². The quantitative estimate of drug-likeness (QED) is 0.632. The average molecular weight is 251 g/mol. The van der Waals surface area contributed by atoms with Crippen molar-refractivity contribution in [2.45, 2.75) is 12.2 Å². The molecule has 16 heavy (non-hydrogen) atoms. The lowest BCUT2D eigenvalue weighted by molar-refractivity contribution is -0.153. The summed E-state index contributed by atoms with van der Waals surface area (Å²) >= 11 is 5.42. The molecule has 0 spiro atoms. The van der Waals surface area contributed by atoms with E-state index < -0.39 is 35.3 Å². The molecule has 2 unspecified atom stereocenters. The van der Waals surface area contributed by atoms with Gasteiger partial charge in [-0.1, -0.05) is 11.6 Å². The van der Waals surface area contributed by atoms with Crippen LogP contribution in [0.5, 0.6) is 5.75 Å². The van der Waals surface area contributed by atoms with Crippen LogP contribution in [0.1, 0.15) is 11.7 Å². The molecule has 0 bridgehead atoms. The van der Waals surface area contributed by atoms with Gasteiger partial charge in [-0.05, 0) is 12.1 Å². The number of aliphatic hydroxyl groups is 2. The van der Waals surface area contributed by atoms with E-state index in [4.69, 9.17) is 21.8 Å². The second kappa shape index (κ2) is 4.65. The molecule has 0 aliphatic heterocycles. The van der Waals surface area contributed by atoms with Crippen LogP contribution < -0.4 is 0 Å². The van der Waals surface area contributed by atoms with Gasteiger partial charge in [-0.2, -0.15) is 0 Å². The van der Waals surface area contributed by atoms with Crippen molar-refractivity contribution < 1.29 is 29.6 Å². The van der Waals surface area contributed by atoms with E-state index in [2.05, 4.69) is 0 Å². The number of benzene rings is 1. The molecule has 0 amide bonds. The first-order valence-electron chi connectivity index (χ1n) is 4.11. The van der Waals surface area contributed by atoms with Gasteiger partial charge >= 0.3 is 5.97 Å². The molecule has 2 atom stereocenters. The molecule has 1 aromatic rings. The molecule has 7 heteroatoms.